The van der Waals surface area contributed by atoms with E-state index in [-0.39, 0.29) is 0 Å². The van der Waals surface area contributed by atoms with E-state index in [9.17, 15) is 5.11 Å². The Morgan fingerprint density at radius 1 is 1.31 bits per heavy atom. The van der Waals surface area contributed by atoms with Gasteiger partial charge >= 0.3 is 0 Å². The zero-order chi connectivity index (χ0) is 11.7. The summed E-state index contributed by atoms with van der Waals surface area (Å²) in [4.78, 5) is 2.06. The maximum atomic E-state index is 10.2. The number of aryl methyl sites for hydroxylation is 1. The molecule has 0 aliphatic rings. The topological polar surface area (TPSA) is 46.2 Å². The number of thiophene rings is 1. The second-order valence-corrected chi connectivity index (χ2v) is 5.38. The summed E-state index contributed by atoms with van der Waals surface area (Å²) in [5.74, 6) is 0. The molecule has 1 aromatic carbocycles. The number of aliphatic hydroxyl groups is 1. The van der Waals surface area contributed by atoms with Crippen molar-refractivity contribution in [3.8, 4) is 0 Å². The van der Waals surface area contributed by atoms with E-state index in [2.05, 4.69) is 0 Å². The number of aliphatic hydroxyl groups excluding tert-OH is 1. The van der Waals surface area contributed by atoms with Gasteiger partial charge in [0.15, 0.2) is 0 Å². The first-order valence-electron chi connectivity index (χ1n) is 4.87. The first kappa shape index (κ1) is 11.5. The predicted octanol–water partition coefficient (Wildman–Crippen LogP) is 3.37. The number of halogens is 1. The molecule has 0 aliphatic heterocycles. The molecule has 0 amide bonds. The quantitative estimate of drug-likeness (QED) is 0.806. The third-order valence-electron chi connectivity index (χ3n) is 2.37. The average molecular weight is 254 g/mol. The van der Waals surface area contributed by atoms with Crippen molar-refractivity contribution in [1.82, 2.24) is 0 Å². The molecular formula is C12H12ClNOS. The molecule has 1 aromatic heterocycles. The highest BCUT2D eigenvalue weighted by molar-refractivity contribution is 7.12. The van der Waals surface area contributed by atoms with E-state index in [4.69, 9.17) is 17.3 Å². The van der Waals surface area contributed by atoms with Gasteiger partial charge in [0, 0.05) is 26.0 Å². The van der Waals surface area contributed by atoms with Crippen LogP contribution < -0.4 is 5.73 Å². The lowest BCUT2D eigenvalue weighted by Crippen LogP contribution is -2.01. The molecule has 3 N–H and O–H groups in total. The summed E-state index contributed by atoms with van der Waals surface area (Å²) in [6, 6.07) is 9.04. The highest BCUT2D eigenvalue weighted by Gasteiger charge is 2.15. The molecule has 2 aromatic rings. The minimum absolute atomic E-state index is 0.519. The number of benzene rings is 1. The zero-order valence-corrected chi connectivity index (χ0v) is 10.3. The Morgan fingerprint density at radius 2 is 2.06 bits per heavy atom. The van der Waals surface area contributed by atoms with Gasteiger partial charge in [0.2, 0.25) is 0 Å². The molecule has 0 radical (unpaired) electrons. The number of anilines is 1. The summed E-state index contributed by atoms with van der Waals surface area (Å²) in [7, 11) is 0. The maximum absolute atomic E-state index is 10.2. The van der Waals surface area contributed by atoms with Crippen LogP contribution in [0.1, 0.15) is 21.4 Å². The second kappa shape index (κ2) is 4.45. The lowest BCUT2D eigenvalue weighted by Gasteiger charge is -2.11. The predicted molar refractivity (Wildman–Crippen MR) is 69.0 cm³/mol. The van der Waals surface area contributed by atoms with Crippen LogP contribution in [0.25, 0.3) is 0 Å². The molecule has 0 aliphatic carbocycles. The van der Waals surface area contributed by atoms with E-state index >= 15 is 0 Å². The first-order chi connectivity index (χ1) is 7.58. The Kier molecular flexibility index (Phi) is 3.19. The van der Waals surface area contributed by atoms with E-state index in [1.54, 1.807) is 29.5 Å². The van der Waals surface area contributed by atoms with Crippen molar-refractivity contribution in [3.05, 3.63) is 50.7 Å². The van der Waals surface area contributed by atoms with Crippen molar-refractivity contribution in [2.24, 2.45) is 0 Å². The smallest absolute Gasteiger partial charge is 0.115 e. The van der Waals surface area contributed by atoms with Crippen LogP contribution in [0.3, 0.4) is 0 Å². The van der Waals surface area contributed by atoms with Crippen molar-refractivity contribution >= 4 is 28.6 Å². The van der Waals surface area contributed by atoms with Gasteiger partial charge < -0.3 is 10.8 Å². The summed E-state index contributed by atoms with van der Waals surface area (Å²) < 4.78 is 0. The third-order valence-corrected chi connectivity index (χ3v) is 3.66. The fourth-order valence-corrected chi connectivity index (χ4v) is 2.61. The van der Waals surface area contributed by atoms with Gasteiger partial charge in [-0.2, -0.15) is 0 Å². The van der Waals surface area contributed by atoms with Gasteiger partial charge in [-0.05, 0) is 31.2 Å². The minimum Gasteiger partial charge on any atom is -0.398 e. The first-order valence-corrected chi connectivity index (χ1v) is 6.06. The number of hydrogen-bond acceptors (Lipinski definition) is 3. The second-order valence-electron chi connectivity index (χ2n) is 3.62. The molecule has 0 saturated heterocycles. The Bertz CT molecular complexity index is 509. The molecule has 0 bridgehead atoms. The highest BCUT2D eigenvalue weighted by Crippen LogP contribution is 2.32. The van der Waals surface area contributed by atoms with Crippen molar-refractivity contribution in [2.75, 3.05) is 5.73 Å². The van der Waals surface area contributed by atoms with E-state index in [1.165, 1.54) is 4.88 Å². The maximum Gasteiger partial charge on any atom is 0.115 e. The van der Waals surface area contributed by atoms with Gasteiger partial charge in [0.1, 0.15) is 6.10 Å². The standard InChI is InChI=1S/C12H12ClNOS/c1-7-2-5-11(16-7)12(15)9-4-3-8(13)6-10(9)14/h2-6,12,15H,14H2,1H3. The largest absolute Gasteiger partial charge is 0.398 e. The molecule has 1 unspecified atom stereocenters. The van der Waals surface area contributed by atoms with Crippen LogP contribution in [0.4, 0.5) is 5.69 Å². The van der Waals surface area contributed by atoms with E-state index in [0.29, 0.717) is 16.3 Å². The van der Waals surface area contributed by atoms with Gasteiger partial charge in [0.25, 0.3) is 0 Å². The minimum atomic E-state index is -0.670. The van der Waals surface area contributed by atoms with E-state index in [0.717, 1.165) is 4.88 Å². The van der Waals surface area contributed by atoms with Crippen LogP contribution in [0.5, 0.6) is 0 Å². The fraction of sp³-hybridized carbons (Fsp3) is 0.167. The fourth-order valence-electron chi connectivity index (χ4n) is 1.55. The lowest BCUT2D eigenvalue weighted by molar-refractivity contribution is 0.225. The molecule has 0 saturated carbocycles. The van der Waals surface area contributed by atoms with Crippen LogP contribution in [-0.4, -0.2) is 5.11 Å². The summed E-state index contributed by atoms with van der Waals surface area (Å²) in [6.45, 7) is 2.01. The molecule has 0 fully saturated rings. The van der Waals surface area contributed by atoms with Gasteiger partial charge in [-0.15, -0.1) is 11.3 Å². The number of rotatable bonds is 2. The average Bonchev–Trinajstić information content (AvgIpc) is 2.64. The van der Waals surface area contributed by atoms with E-state index < -0.39 is 6.10 Å². The number of hydrogen-bond donors (Lipinski definition) is 2. The number of nitrogen functional groups attached to an aromatic ring is 1. The molecular weight excluding hydrogens is 242 g/mol. The molecule has 1 heterocycles. The van der Waals surface area contributed by atoms with Crippen molar-refractivity contribution < 1.29 is 5.11 Å². The highest BCUT2D eigenvalue weighted by atomic mass is 35.5. The van der Waals surface area contributed by atoms with Crippen LogP contribution in [-0.2, 0) is 0 Å². The van der Waals surface area contributed by atoms with Crippen LogP contribution in [0.15, 0.2) is 30.3 Å². The van der Waals surface area contributed by atoms with Gasteiger partial charge in [-0.25, -0.2) is 0 Å². The monoisotopic (exact) mass is 253 g/mol. The molecule has 16 heavy (non-hydrogen) atoms. The normalized spacial score (nSPS) is 12.7. The molecule has 4 heteroatoms. The molecule has 0 spiro atoms. The zero-order valence-electron chi connectivity index (χ0n) is 8.77. The van der Waals surface area contributed by atoms with E-state index in [1.807, 2.05) is 19.1 Å². The molecule has 2 nitrogen and oxygen atoms in total. The summed E-state index contributed by atoms with van der Waals surface area (Å²) >= 11 is 7.38. The van der Waals surface area contributed by atoms with Crippen LogP contribution in [0.2, 0.25) is 5.02 Å². The van der Waals surface area contributed by atoms with Gasteiger partial charge in [-0.1, -0.05) is 17.7 Å². The lowest BCUT2D eigenvalue weighted by atomic mass is 10.1. The summed E-state index contributed by atoms with van der Waals surface area (Å²) in [6.07, 6.45) is -0.670. The Labute approximate surface area is 103 Å². The van der Waals surface area contributed by atoms with Gasteiger partial charge in [0.05, 0.1) is 0 Å². The Morgan fingerprint density at radius 3 is 2.62 bits per heavy atom. The van der Waals surface area contributed by atoms with Crippen molar-refractivity contribution in [1.29, 1.82) is 0 Å². The molecule has 84 valence electrons. The molecule has 1 atom stereocenters. The van der Waals surface area contributed by atoms with Crippen LogP contribution in [0, 0.1) is 6.92 Å². The Balaban J connectivity index is 2.37. The Hall–Kier alpha value is -1.03. The summed E-state index contributed by atoms with van der Waals surface area (Å²) in [5.41, 5.74) is 7.05. The molecule has 2 rings (SSSR count). The van der Waals surface area contributed by atoms with Gasteiger partial charge in [-0.3, -0.25) is 0 Å². The summed E-state index contributed by atoms with van der Waals surface area (Å²) in [5, 5.41) is 10.7. The van der Waals surface area contributed by atoms with Crippen molar-refractivity contribution in [2.45, 2.75) is 13.0 Å². The third kappa shape index (κ3) is 2.21. The number of nitrogens with two attached hydrogens (primary N) is 1. The SMILES string of the molecule is Cc1ccc(C(O)c2ccc(Cl)cc2N)s1. The van der Waals surface area contributed by atoms with Crippen LogP contribution >= 0.6 is 22.9 Å². The van der Waals surface area contributed by atoms with Crippen molar-refractivity contribution in [3.63, 3.8) is 0 Å².